The van der Waals surface area contributed by atoms with Crippen LogP contribution in [-0.2, 0) is 6.42 Å². The molecule has 0 radical (unpaired) electrons. The summed E-state index contributed by atoms with van der Waals surface area (Å²) < 4.78 is 0. The number of hydrogen-bond donors (Lipinski definition) is 0. The Labute approximate surface area is 127 Å². The van der Waals surface area contributed by atoms with Gasteiger partial charge in [-0.3, -0.25) is 4.79 Å². The van der Waals surface area contributed by atoms with Gasteiger partial charge >= 0.3 is 0 Å². The third-order valence-corrected chi connectivity index (χ3v) is 5.03. The Bertz CT molecular complexity index is 640. The molecule has 3 nitrogen and oxygen atoms in total. The van der Waals surface area contributed by atoms with Gasteiger partial charge in [-0.1, -0.05) is 18.5 Å². The van der Waals surface area contributed by atoms with Crippen LogP contribution in [0.3, 0.4) is 0 Å². The minimum absolute atomic E-state index is 0.0215. The number of rotatable bonds is 2. The summed E-state index contributed by atoms with van der Waals surface area (Å²) in [6.07, 6.45) is 3.43. The lowest BCUT2D eigenvalue weighted by atomic mass is 9.97. The van der Waals surface area contributed by atoms with Crippen molar-refractivity contribution in [3.8, 4) is 0 Å². The van der Waals surface area contributed by atoms with E-state index in [0.29, 0.717) is 5.56 Å². The highest BCUT2D eigenvalue weighted by atomic mass is 35.5. The van der Waals surface area contributed by atoms with Gasteiger partial charge in [-0.2, -0.15) is 0 Å². The molecule has 0 N–H and O–H groups in total. The second-order valence-electron chi connectivity index (χ2n) is 4.81. The van der Waals surface area contributed by atoms with Gasteiger partial charge in [-0.05, 0) is 42.0 Å². The average molecular weight is 307 g/mol. The van der Waals surface area contributed by atoms with Crippen molar-refractivity contribution in [3.63, 3.8) is 0 Å². The van der Waals surface area contributed by atoms with Crippen LogP contribution in [0.15, 0.2) is 29.8 Å². The van der Waals surface area contributed by atoms with Gasteiger partial charge in [0.05, 0.1) is 11.6 Å². The summed E-state index contributed by atoms with van der Waals surface area (Å²) in [5.41, 5.74) is 1.78. The lowest BCUT2D eigenvalue weighted by molar-refractivity contribution is 0.0657. The Morgan fingerprint density at radius 2 is 2.40 bits per heavy atom. The first-order chi connectivity index (χ1) is 9.72. The van der Waals surface area contributed by atoms with E-state index in [4.69, 9.17) is 11.6 Å². The molecule has 0 fully saturated rings. The molecule has 1 atom stereocenters. The molecule has 2 aromatic heterocycles. The molecule has 0 saturated carbocycles. The Hall–Kier alpha value is -1.39. The molecule has 0 bridgehead atoms. The molecule has 3 heterocycles. The molecule has 3 rings (SSSR count). The molecule has 1 amide bonds. The second kappa shape index (κ2) is 5.54. The number of carbonyl (C=O) groups excluding carboxylic acids is 1. The Morgan fingerprint density at radius 3 is 3.15 bits per heavy atom. The second-order valence-corrected chi connectivity index (χ2v) is 6.17. The zero-order valence-electron chi connectivity index (χ0n) is 11.2. The van der Waals surface area contributed by atoms with E-state index in [2.05, 4.69) is 23.4 Å². The van der Waals surface area contributed by atoms with E-state index in [1.54, 1.807) is 29.7 Å². The van der Waals surface area contributed by atoms with Crippen molar-refractivity contribution >= 4 is 28.8 Å². The highest BCUT2D eigenvalue weighted by Crippen LogP contribution is 2.36. The van der Waals surface area contributed by atoms with E-state index in [-0.39, 0.29) is 17.1 Å². The molecule has 0 aliphatic carbocycles. The summed E-state index contributed by atoms with van der Waals surface area (Å²) >= 11 is 7.83. The van der Waals surface area contributed by atoms with E-state index >= 15 is 0 Å². The molecule has 0 saturated heterocycles. The summed E-state index contributed by atoms with van der Waals surface area (Å²) in [6.45, 7) is 2.86. The quantitative estimate of drug-likeness (QED) is 0.787. The van der Waals surface area contributed by atoms with E-state index in [9.17, 15) is 4.79 Å². The monoisotopic (exact) mass is 306 g/mol. The maximum Gasteiger partial charge on any atom is 0.257 e. The van der Waals surface area contributed by atoms with Crippen molar-refractivity contribution in [2.75, 3.05) is 6.54 Å². The lowest BCUT2D eigenvalue weighted by Crippen LogP contribution is -2.39. The summed E-state index contributed by atoms with van der Waals surface area (Å²) in [5.74, 6) is -0.0215. The van der Waals surface area contributed by atoms with Crippen LogP contribution >= 0.6 is 22.9 Å². The van der Waals surface area contributed by atoms with Crippen molar-refractivity contribution in [3.05, 3.63) is 50.9 Å². The smallest absolute Gasteiger partial charge is 0.257 e. The summed E-state index contributed by atoms with van der Waals surface area (Å²) in [5, 5.41) is 2.39. The van der Waals surface area contributed by atoms with Crippen LogP contribution in [0.1, 0.15) is 40.2 Å². The fourth-order valence-electron chi connectivity index (χ4n) is 2.78. The van der Waals surface area contributed by atoms with Crippen LogP contribution < -0.4 is 0 Å². The van der Waals surface area contributed by atoms with Crippen LogP contribution in [0.25, 0.3) is 0 Å². The van der Waals surface area contributed by atoms with Gasteiger partial charge in [0.15, 0.2) is 0 Å². The third-order valence-electron chi connectivity index (χ3n) is 3.73. The summed E-state index contributed by atoms with van der Waals surface area (Å²) in [7, 11) is 0. The van der Waals surface area contributed by atoms with E-state index in [1.807, 2.05) is 4.90 Å². The Kier molecular flexibility index (Phi) is 3.76. The number of fused-ring (bicyclic) bond motifs is 1. The molecule has 2 aromatic rings. The molecule has 1 aliphatic heterocycles. The van der Waals surface area contributed by atoms with Gasteiger partial charge in [0, 0.05) is 17.6 Å². The molecule has 1 aliphatic rings. The Morgan fingerprint density at radius 1 is 1.55 bits per heavy atom. The predicted molar refractivity (Wildman–Crippen MR) is 81.3 cm³/mol. The van der Waals surface area contributed by atoms with Crippen LogP contribution in [0, 0.1) is 0 Å². The zero-order valence-corrected chi connectivity index (χ0v) is 12.7. The van der Waals surface area contributed by atoms with Crippen molar-refractivity contribution in [2.45, 2.75) is 25.8 Å². The van der Waals surface area contributed by atoms with Gasteiger partial charge in [0.2, 0.25) is 0 Å². The van der Waals surface area contributed by atoms with Gasteiger partial charge in [-0.15, -0.1) is 11.3 Å². The number of carbonyl (C=O) groups is 1. The van der Waals surface area contributed by atoms with Crippen molar-refractivity contribution < 1.29 is 4.79 Å². The molecule has 1 unspecified atom stereocenters. The maximum absolute atomic E-state index is 12.7. The van der Waals surface area contributed by atoms with Crippen LogP contribution in [-0.4, -0.2) is 22.3 Å². The minimum Gasteiger partial charge on any atom is -0.331 e. The van der Waals surface area contributed by atoms with Crippen molar-refractivity contribution in [1.82, 2.24) is 9.88 Å². The molecule has 5 heteroatoms. The van der Waals surface area contributed by atoms with Gasteiger partial charge < -0.3 is 4.90 Å². The minimum atomic E-state index is -0.0215. The number of thiophene rings is 1. The SMILES string of the molecule is CCC1c2ccsc2CCN1C(=O)c1cccnc1Cl. The topological polar surface area (TPSA) is 33.2 Å². The van der Waals surface area contributed by atoms with Gasteiger partial charge in [0.1, 0.15) is 5.15 Å². The van der Waals surface area contributed by atoms with E-state index < -0.39 is 0 Å². The summed E-state index contributed by atoms with van der Waals surface area (Å²) in [6, 6.07) is 5.78. The van der Waals surface area contributed by atoms with Gasteiger partial charge in [0.25, 0.3) is 5.91 Å². The van der Waals surface area contributed by atoms with Crippen molar-refractivity contribution in [1.29, 1.82) is 0 Å². The molecule has 20 heavy (non-hydrogen) atoms. The zero-order chi connectivity index (χ0) is 14.1. The van der Waals surface area contributed by atoms with Crippen LogP contribution in [0.5, 0.6) is 0 Å². The fourth-order valence-corrected chi connectivity index (χ4v) is 3.91. The first kappa shape index (κ1) is 13.6. The molecular weight excluding hydrogens is 292 g/mol. The van der Waals surface area contributed by atoms with Gasteiger partial charge in [-0.25, -0.2) is 4.98 Å². The number of aromatic nitrogens is 1. The van der Waals surface area contributed by atoms with Crippen LogP contribution in [0.2, 0.25) is 5.15 Å². The van der Waals surface area contributed by atoms with Crippen molar-refractivity contribution in [2.24, 2.45) is 0 Å². The first-order valence-corrected chi connectivity index (χ1v) is 7.96. The third kappa shape index (κ3) is 2.23. The number of hydrogen-bond acceptors (Lipinski definition) is 3. The van der Waals surface area contributed by atoms with E-state index in [0.717, 1.165) is 19.4 Å². The first-order valence-electron chi connectivity index (χ1n) is 6.70. The largest absolute Gasteiger partial charge is 0.331 e. The molecule has 0 aromatic carbocycles. The normalized spacial score (nSPS) is 17.9. The number of amides is 1. The number of pyridine rings is 1. The summed E-state index contributed by atoms with van der Waals surface area (Å²) in [4.78, 5) is 20.1. The lowest BCUT2D eigenvalue weighted by Gasteiger charge is -2.35. The number of halogens is 1. The average Bonchev–Trinajstić information content (AvgIpc) is 2.94. The number of nitrogens with zero attached hydrogens (tertiary/aromatic N) is 2. The molecular formula is C15H15ClN2OS. The molecule has 0 spiro atoms. The standard InChI is InChI=1S/C15H15ClN2OS/c1-2-12-10-6-9-20-13(10)5-8-18(12)15(19)11-4-3-7-17-14(11)16/h3-4,6-7,9,12H,2,5,8H2,1H3. The highest BCUT2D eigenvalue weighted by Gasteiger charge is 2.31. The molecule has 104 valence electrons. The Balaban J connectivity index is 1.95. The van der Waals surface area contributed by atoms with E-state index in [1.165, 1.54) is 10.4 Å². The maximum atomic E-state index is 12.7. The van der Waals surface area contributed by atoms with Crippen LogP contribution in [0.4, 0.5) is 0 Å². The predicted octanol–water partition coefficient (Wildman–Crippen LogP) is 3.95. The highest BCUT2D eigenvalue weighted by molar-refractivity contribution is 7.10. The fraction of sp³-hybridized carbons (Fsp3) is 0.333.